The van der Waals surface area contributed by atoms with E-state index >= 15 is 0 Å². The van der Waals surface area contributed by atoms with E-state index in [1.165, 1.54) is 5.01 Å². The largest absolute Gasteiger partial charge is 0.351 e. The van der Waals surface area contributed by atoms with Crippen molar-refractivity contribution < 1.29 is 9.18 Å². The van der Waals surface area contributed by atoms with E-state index in [1.807, 2.05) is 0 Å². The van der Waals surface area contributed by atoms with Gasteiger partial charge in [0.25, 0.3) is 0 Å². The van der Waals surface area contributed by atoms with Gasteiger partial charge in [0, 0.05) is 29.3 Å². The van der Waals surface area contributed by atoms with Gasteiger partial charge < -0.3 is 10.3 Å². The molecule has 5 rings (SSSR count). The highest BCUT2D eigenvalue weighted by molar-refractivity contribution is 6.31. The number of rotatable bonds is 5. The Hall–Kier alpha value is -2.78. The first-order valence-corrected chi connectivity index (χ1v) is 11.9. The Balaban J connectivity index is 1.42. The van der Waals surface area contributed by atoms with Crippen LogP contribution in [0.15, 0.2) is 24.7 Å². The van der Waals surface area contributed by atoms with E-state index in [0.717, 1.165) is 62.9 Å². The summed E-state index contributed by atoms with van der Waals surface area (Å²) >= 11 is 6.11. The lowest BCUT2D eigenvalue weighted by molar-refractivity contribution is -0.125. The molecule has 4 N–H and O–H groups in total. The minimum absolute atomic E-state index is 0.0105. The maximum Gasteiger partial charge on any atom is 0.223 e. The normalized spacial score (nSPS) is 21.4. The number of aromatic nitrogens is 4. The lowest BCUT2D eigenvalue weighted by atomic mass is 9.89. The highest BCUT2D eigenvalue weighted by atomic mass is 35.5. The molecule has 0 unspecified atom stereocenters. The van der Waals surface area contributed by atoms with Crippen LogP contribution < -0.4 is 16.2 Å². The van der Waals surface area contributed by atoms with Crippen molar-refractivity contribution in [1.82, 2.24) is 25.3 Å². The van der Waals surface area contributed by atoms with Crippen LogP contribution in [0.3, 0.4) is 0 Å². The molecule has 3 aromatic rings. The molecule has 2 saturated carbocycles. The Morgan fingerprint density at radius 1 is 1.15 bits per heavy atom. The monoisotopic (exact) mass is 471 g/mol. The van der Waals surface area contributed by atoms with Gasteiger partial charge in [-0.25, -0.2) is 25.2 Å². The molecule has 2 atom stereocenters. The Morgan fingerprint density at radius 2 is 1.91 bits per heavy atom. The van der Waals surface area contributed by atoms with E-state index in [2.05, 4.69) is 25.3 Å². The van der Waals surface area contributed by atoms with Crippen LogP contribution in [0, 0.1) is 11.7 Å². The molecule has 3 aromatic heterocycles. The molecular weight excluding hydrogens is 445 g/mol. The summed E-state index contributed by atoms with van der Waals surface area (Å²) in [6.07, 6.45) is 12.0. The second kappa shape index (κ2) is 9.23. The first-order valence-electron chi connectivity index (χ1n) is 11.5. The van der Waals surface area contributed by atoms with Crippen molar-refractivity contribution in [2.45, 2.75) is 63.5 Å². The molecule has 1 amide bonds. The summed E-state index contributed by atoms with van der Waals surface area (Å²) in [7, 11) is 0. The number of hydrogen-bond donors (Lipinski definition) is 3. The van der Waals surface area contributed by atoms with Crippen LogP contribution in [0.2, 0.25) is 5.02 Å². The number of hydrogen-bond acceptors (Lipinski definition) is 6. The highest BCUT2D eigenvalue weighted by Crippen LogP contribution is 2.31. The average Bonchev–Trinajstić information content (AvgIpc) is 3.50. The summed E-state index contributed by atoms with van der Waals surface area (Å²) in [5.41, 5.74) is 1.29. The maximum absolute atomic E-state index is 14.9. The minimum Gasteiger partial charge on any atom is -0.351 e. The van der Waals surface area contributed by atoms with Gasteiger partial charge in [-0.2, -0.15) is 0 Å². The average molecular weight is 472 g/mol. The van der Waals surface area contributed by atoms with Crippen LogP contribution in [-0.4, -0.2) is 37.9 Å². The van der Waals surface area contributed by atoms with Crippen molar-refractivity contribution in [2.24, 2.45) is 11.8 Å². The van der Waals surface area contributed by atoms with E-state index in [4.69, 9.17) is 17.4 Å². The van der Waals surface area contributed by atoms with Crippen molar-refractivity contribution in [1.29, 1.82) is 0 Å². The third-order valence-electron chi connectivity index (χ3n) is 6.85. The predicted molar refractivity (Wildman–Crippen MR) is 125 cm³/mol. The summed E-state index contributed by atoms with van der Waals surface area (Å²) < 4.78 is 14.9. The topological polar surface area (TPSA) is 113 Å². The summed E-state index contributed by atoms with van der Waals surface area (Å²) in [6.45, 7) is 0. The highest BCUT2D eigenvalue weighted by Gasteiger charge is 2.34. The molecule has 2 aliphatic carbocycles. The van der Waals surface area contributed by atoms with E-state index in [9.17, 15) is 9.18 Å². The van der Waals surface area contributed by atoms with Gasteiger partial charge >= 0.3 is 0 Å². The molecular formula is C23H27ClFN7O. The van der Waals surface area contributed by atoms with Gasteiger partial charge in [-0.15, -0.1) is 0 Å². The van der Waals surface area contributed by atoms with Gasteiger partial charge in [0.05, 0.1) is 23.3 Å². The third-order valence-corrected chi connectivity index (χ3v) is 7.06. The quantitative estimate of drug-likeness (QED) is 0.381. The van der Waals surface area contributed by atoms with Gasteiger partial charge in [0.15, 0.2) is 17.5 Å². The van der Waals surface area contributed by atoms with E-state index in [-0.39, 0.29) is 29.7 Å². The molecule has 0 radical (unpaired) electrons. The standard InChI is InChI=1S/C23H27ClFN7O/c24-14-9-15-16(11-28-20(15)27-10-14)21-29-12-17(25)22(31-21)32(26)19-8-4-3-7-18(19)30-23(33)13-5-1-2-6-13/h9-13,18-19H,1-8,26H2,(H,27,28)(H,30,33)/t18-,19-/m1/s1. The van der Waals surface area contributed by atoms with Crippen LogP contribution in [0.25, 0.3) is 22.4 Å². The molecule has 33 heavy (non-hydrogen) atoms. The van der Waals surface area contributed by atoms with E-state index in [0.29, 0.717) is 22.1 Å². The molecule has 0 aromatic carbocycles. The van der Waals surface area contributed by atoms with Crippen molar-refractivity contribution in [2.75, 3.05) is 5.01 Å². The molecule has 3 heterocycles. The third kappa shape index (κ3) is 4.39. The molecule has 2 fully saturated rings. The number of anilines is 1. The fourth-order valence-electron chi connectivity index (χ4n) is 5.09. The van der Waals surface area contributed by atoms with Crippen LogP contribution in [0.1, 0.15) is 51.4 Å². The maximum atomic E-state index is 14.9. The predicted octanol–water partition coefficient (Wildman–Crippen LogP) is 4.11. The Morgan fingerprint density at radius 3 is 2.73 bits per heavy atom. The van der Waals surface area contributed by atoms with Gasteiger partial charge in [0.1, 0.15) is 5.65 Å². The molecule has 2 aliphatic rings. The summed E-state index contributed by atoms with van der Waals surface area (Å²) in [6, 6.07) is 1.36. The number of nitrogens with one attached hydrogen (secondary N) is 2. The van der Waals surface area contributed by atoms with Crippen molar-refractivity contribution in [3.8, 4) is 11.4 Å². The second-order valence-corrected chi connectivity index (χ2v) is 9.41. The summed E-state index contributed by atoms with van der Waals surface area (Å²) in [5.74, 6) is 6.34. The SMILES string of the molecule is NN(c1nc(-c2c[nH]c3ncc(Cl)cc23)ncc1F)[C@@H]1CCCC[C@H]1NC(=O)C1CCCC1. The lowest BCUT2D eigenvalue weighted by Gasteiger charge is -2.38. The molecule has 174 valence electrons. The Bertz CT molecular complexity index is 1160. The van der Waals surface area contributed by atoms with Crippen molar-refractivity contribution in [3.05, 3.63) is 35.5 Å². The number of hydrazine groups is 1. The first kappa shape index (κ1) is 22.0. The van der Waals surface area contributed by atoms with Crippen LogP contribution in [0.4, 0.5) is 10.2 Å². The van der Waals surface area contributed by atoms with Gasteiger partial charge in [-0.3, -0.25) is 9.80 Å². The fourth-order valence-corrected chi connectivity index (χ4v) is 5.25. The van der Waals surface area contributed by atoms with E-state index < -0.39 is 5.82 Å². The van der Waals surface area contributed by atoms with Gasteiger partial charge in [0.2, 0.25) is 5.91 Å². The van der Waals surface area contributed by atoms with Crippen LogP contribution >= 0.6 is 11.6 Å². The van der Waals surface area contributed by atoms with Crippen LogP contribution in [0.5, 0.6) is 0 Å². The van der Waals surface area contributed by atoms with Gasteiger partial charge in [-0.1, -0.05) is 37.3 Å². The summed E-state index contributed by atoms with van der Waals surface area (Å²) in [4.78, 5) is 28.7. The second-order valence-electron chi connectivity index (χ2n) is 8.97. The van der Waals surface area contributed by atoms with E-state index in [1.54, 1.807) is 18.5 Å². The smallest absolute Gasteiger partial charge is 0.223 e. The fraction of sp³-hybridized carbons (Fsp3) is 0.478. The van der Waals surface area contributed by atoms with Gasteiger partial charge in [-0.05, 0) is 31.7 Å². The molecule has 0 saturated heterocycles. The molecule has 0 spiro atoms. The zero-order valence-corrected chi connectivity index (χ0v) is 19.0. The first-order chi connectivity index (χ1) is 16.0. The molecule has 8 nitrogen and oxygen atoms in total. The summed E-state index contributed by atoms with van der Waals surface area (Å²) in [5, 5.41) is 5.79. The van der Waals surface area contributed by atoms with Crippen LogP contribution in [-0.2, 0) is 4.79 Å². The number of carbonyl (C=O) groups excluding carboxylic acids is 1. The number of nitrogens with two attached hydrogens (primary N) is 1. The zero-order valence-electron chi connectivity index (χ0n) is 18.2. The molecule has 0 bridgehead atoms. The molecule has 0 aliphatic heterocycles. The number of aromatic amines is 1. The van der Waals surface area contributed by atoms with Crippen molar-refractivity contribution >= 4 is 34.4 Å². The minimum atomic E-state index is -0.608. The Kier molecular flexibility index (Phi) is 6.16. The molecule has 10 heteroatoms. The Labute approximate surface area is 196 Å². The number of pyridine rings is 1. The number of fused-ring (bicyclic) bond motifs is 1. The number of halogens is 2. The lowest BCUT2D eigenvalue weighted by Crippen LogP contribution is -2.57. The van der Waals surface area contributed by atoms with Crippen molar-refractivity contribution in [3.63, 3.8) is 0 Å². The zero-order chi connectivity index (χ0) is 22.9. The number of nitrogens with zero attached hydrogens (tertiary/aromatic N) is 4. The number of H-pyrrole nitrogens is 1. The number of carbonyl (C=O) groups is 1. The number of amides is 1.